The van der Waals surface area contributed by atoms with Gasteiger partial charge in [0.1, 0.15) is 0 Å². The van der Waals surface area contributed by atoms with Gasteiger partial charge in [-0.05, 0) is 97.3 Å². The zero-order chi connectivity index (χ0) is 35.2. The summed E-state index contributed by atoms with van der Waals surface area (Å²) in [6.45, 7) is 29.7. The molecule has 0 heterocycles. The third-order valence-electron chi connectivity index (χ3n) is 9.80. The average Bonchev–Trinajstić information content (AvgIpc) is 3.01. The fourth-order valence-corrected chi connectivity index (χ4v) is 6.34. The largest absolute Gasteiger partial charge is 0.325 e. The van der Waals surface area contributed by atoms with E-state index in [2.05, 4.69) is 102 Å². The summed E-state index contributed by atoms with van der Waals surface area (Å²) in [5, 5.41) is 6.56. The van der Waals surface area contributed by atoms with Crippen LogP contribution in [0.3, 0.4) is 0 Å². The number of hydrogen-bond donors (Lipinski definition) is 2. The number of carbonyl (C=O) groups is 2. The van der Waals surface area contributed by atoms with E-state index in [9.17, 15) is 9.59 Å². The first-order valence-electron chi connectivity index (χ1n) is 18.5. The van der Waals surface area contributed by atoms with Gasteiger partial charge in [-0.15, -0.1) is 0 Å². The minimum atomic E-state index is -0.383. The van der Waals surface area contributed by atoms with Gasteiger partial charge in [0.15, 0.2) is 0 Å². The van der Waals surface area contributed by atoms with E-state index in [0.29, 0.717) is 23.7 Å². The molecule has 260 valence electrons. The minimum absolute atomic E-state index is 0.100. The molecule has 0 saturated heterocycles. The van der Waals surface area contributed by atoms with Crippen molar-refractivity contribution >= 4 is 23.2 Å². The van der Waals surface area contributed by atoms with Gasteiger partial charge in [0.05, 0.1) is 0 Å². The SMILES string of the molecule is CCC(CC)c1cccc(C(CC)CC)c1NC(=O)C(C)(C)C.CCC(CC)c1cccc(C(CC)CC)c1NC(=O)C(C)(C)C. The van der Waals surface area contributed by atoms with Crippen molar-refractivity contribution in [3.8, 4) is 0 Å². The monoisotopic (exact) mass is 635 g/mol. The highest BCUT2D eigenvalue weighted by molar-refractivity contribution is 5.97. The fraction of sp³-hybridized carbons (Fsp3) is 0.667. The van der Waals surface area contributed by atoms with Gasteiger partial charge in [0.25, 0.3) is 0 Å². The van der Waals surface area contributed by atoms with Crippen LogP contribution < -0.4 is 10.6 Å². The van der Waals surface area contributed by atoms with Crippen LogP contribution in [0.25, 0.3) is 0 Å². The second-order valence-electron chi connectivity index (χ2n) is 15.1. The molecule has 0 aliphatic rings. The molecule has 0 spiro atoms. The highest BCUT2D eigenvalue weighted by Crippen LogP contribution is 2.40. The lowest BCUT2D eigenvalue weighted by Gasteiger charge is -2.27. The summed E-state index contributed by atoms with van der Waals surface area (Å²) in [5.41, 5.74) is 6.60. The first kappa shape index (κ1) is 41.4. The van der Waals surface area contributed by atoms with Crippen LogP contribution in [-0.2, 0) is 9.59 Å². The molecule has 0 aliphatic heterocycles. The van der Waals surface area contributed by atoms with Crippen LogP contribution in [0.15, 0.2) is 36.4 Å². The topological polar surface area (TPSA) is 58.2 Å². The van der Waals surface area contributed by atoms with E-state index >= 15 is 0 Å². The summed E-state index contributed by atoms with van der Waals surface area (Å²) in [7, 11) is 0. The van der Waals surface area contributed by atoms with Crippen LogP contribution >= 0.6 is 0 Å². The van der Waals surface area contributed by atoms with Gasteiger partial charge in [0, 0.05) is 22.2 Å². The Balaban J connectivity index is 0.000000460. The molecule has 0 radical (unpaired) electrons. The standard InChI is InChI=1S/2C21H35NO/c2*1-8-15(9-2)17-13-12-14-18(16(10-3)11-4)19(17)22-20(23)21(5,6)7/h2*12-16H,8-11H2,1-7H3,(H,22,23). The highest BCUT2D eigenvalue weighted by atomic mass is 16.2. The maximum atomic E-state index is 12.6. The average molecular weight is 635 g/mol. The predicted molar refractivity (Wildman–Crippen MR) is 202 cm³/mol. The summed E-state index contributed by atoms with van der Waals surface area (Å²) >= 11 is 0. The van der Waals surface area contributed by atoms with Gasteiger partial charge in [-0.25, -0.2) is 0 Å². The van der Waals surface area contributed by atoms with Crippen molar-refractivity contribution in [3.05, 3.63) is 58.7 Å². The van der Waals surface area contributed by atoms with Crippen molar-refractivity contribution < 1.29 is 9.59 Å². The van der Waals surface area contributed by atoms with E-state index in [1.54, 1.807) is 0 Å². The maximum Gasteiger partial charge on any atom is 0.229 e. The van der Waals surface area contributed by atoms with Gasteiger partial charge in [-0.1, -0.05) is 133 Å². The number of para-hydroxylation sites is 2. The Morgan fingerprint density at radius 2 is 0.652 bits per heavy atom. The van der Waals surface area contributed by atoms with Crippen molar-refractivity contribution in [2.24, 2.45) is 10.8 Å². The summed E-state index contributed by atoms with van der Waals surface area (Å²) in [4.78, 5) is 25.3. The Morgan fingerprint density at radius 3 is 0.804 bits per heavy atom. The van der Waals surface area contributed by atoms with Crippen LogP contribution in [-0.4, -0.2) is 11.8 Å². The first-order chi connectivity index (χ1) is 21.6. The van der Waals surface area contributed by atoms with Crippen LogP contribution in [0.1, 0.15) is 194 Å². The van der Waals surface area contributed by atoms with Gasteiger partial charge in [-0.2, -0.15) is 0 Å². The molecule has 0 bridgehead atoms. The minimum Gasteiger partial charge on any atom is -0.325 e. The molecule has 46 heavy (non-hydrogen) atoms. The van der Waals surface area contributed by atoms with Crippen molar-refractivity contribution in [2.75, 3.05) is 10.6 Å². The molecular weight excluding hydrogens is 564 g/mol. The maximum absolute atomic E-state index is 12.6. The summed E-state index contributed by atoms with van der Waals surface area (Å²) in [6.07, 6.45) is 8.79. The quantitative estimate of drug-likeness (QED) is 0.217. The molecule has 0 saturated carbocycles. The van der Waals surface area contributed by atoms with Gasteiger partial charge < -0.3 is 10.6 Å². The number of hydrogen-bond acceptors (Lipinski definition) is 2. The molecule has 2 rings (SSSR count). The number of rotatable bonds is 14. The fourth-order valence-electron chi connectivity index (χ4n) is 6.34. The number of nitrogens with one attached hydrogen (secondary N) is 2. The predicted octanol–water partition coefficient (Wildman–Crippen LogP) is 13.0. The summed E-state index contributed by atoms with van der Waals surface area (Å²) < 4.78 is 0. The van der Waals surface area contributed by atoms with Crippen molar-refractivity contribution in [3.63, 3.8) is 0 Å². The van der Waals surface area contributed by atoms with Crippen LogP contribution in [0.5, 0.6) is 0 Å². The second kappa shape index (κ2) is 19.3. The number of benzene rings is 2. The molecule has 2 aromatic carbocycles. The van der Waals surface area contributed by atoms with Crippen molar-refractivity contribution in [2.45, 2.75) is 172 Å². The van der Waals surface area contributed by atoms with Gasteiger partial charge >= 0.3 is 0 Å². The lowest BCUT2D eigenvalue weighted by atomic mass is 9.85. The Bertz CT molecular complexity index is 1050. The van der Waals surface area contributed by atoms with Crippen LogP contribution in [0.2, 0.25) is 0 Å². The lowest BCUT2D eigenvalue weighted by molar-refractivity contribution is -0.123. The normalized spacial score (nSPS) is 12.0. The van der Waals surface area contributed by atoms with E-state index in [1.165, 1.54) is 22.3 Å². The Kier molecular flexibility index (Phi) is 17.3. The lowest BCUT2D eigenvalue weighted by Crippen LogP contribution is -2.29. The summed E-state index contributed by atoms with van der Waals surface area (Å²) in [5.74, 6) is 2.20. The molecule has 4 heteroatoms. The molecule has 0 atom stereocenters. The molecule has 0 fully saturated rings. The Hall–Kier alpha value is -2.62. The molecule has 0 aliphatic carbocycles. The molecule has 4 nitrogen and oxygen atoms in total. The number of amides is 2. The third-order valence-corrected chi connectivity index (χ3v) is 9.80. The molecule has 2 N–H and O–H groups in total. The van der Waals surface area contributed by atoms with E-state index in [0.717, 1.165) is 62.7 Å². The van der Waals surface area contributed by atoms with Crippen molar-refractivity contribution in [1.82, 2.24) is 0 Å². The van der Waals surface area contributed by atoms with Crippen LogP contribution in [0, 0.1) is 10.8 Å². The molecule has 0 aromatic heterocycles. The Labute approximate surface area is 284 Å². The third kappa shape index (κ3) is 11.3. The second-order valence-corrected chi connectivity index (χ2v) is 15.1. The molecule has 0 unspecified atom stereocenters. The zero-order valence-corrected chi connectivity index (χ0v) is 32.2. The summed E-state index contributed by atoms with van der Waals surface area (Å²) in [6, 6.07) is 13.1. The van der Waals surface area contributed by atoms with Gasteiger partial charge in [-0.3, -0.25) is 9.59 Å². The first-order valence-corrected chi connectivity index (χ1v) is 18.5. The van der Waals surface area contributed by atoms with E-state index in [4.69, 9.17) is 0 Å². The van der Waals surface area contributed by atoms with Crippen molar-refractivity contribution in [1.29, 1.82) is 0 Å². The smallest absolute Gasteiger partial charge is 0.229 e. The van der Waals surface area contributed by atoms with E-state index < -0.39 is 0 Å². The number of carbonyl (C=O) groups excluding carboxylic acids is 2. The Morgan fingerprint density at radius 1 is 0.457 bits per heavy atom. The highest BCUT2D eigenvalue weighted by Gasteiger charge is 2.27. The molecule has 2 aromatic rings. The zero-order valence-electron chi connectivity index (χ0n) is 32.2. The molecular formula is C42H70N2O2. The number of anilines is 2. The van der Waals surface area contributed by atoms with Crippen LogP contribution in [0.4, 0.5) is 11.4 Å². The van der Waals surface area contributed by atoms with E-state index in [-0.39, 0.29) is 22.6 Å². The van der Waals surface area contributed by atoms with Gasteiger partial charge in [0.2, 0.25) is 11.8 Å². The van der Waals surface area contributed by atoms with E-state index in [1.807, 2.05) is 41.5 Å². The molecule has 2 amide bonds.